The summed E-state index contributed by atoms with van der Waals surface area (Å²) >= 11 is 6.43. The summed E-state index contributed by atoms with van der Waals surface area (Å²) in [5.74, 6) is 0.650. The Bertz CT molecular complexity index is 1740. The van der Waals surface area contributed by atoms with E-state index in [0.29, 0.717) is 22.2 Å². The van der Waals surface area contributed by atoms with E-state index in [1.54, 1.807) is 29.8 Å². The number of nitrogens with zero attached hydrogens (tertiary/aromatic N) is 5. The van der Waals surface area contributed by atoms with Crippen molar-refractivity contribution in [1.29, 1.82) is 0 Å². The summed E-state index contributed by atoms with van der Waals surface area (Å²) in [5.41, 5.74) is 1.58. The first kappa shape index (κ1) is 22.7. The summed E-state index contributed by atoms with van der Waals surface area (Å²) < 4.78 is 11.1. The number of rotatable bonds is 5. The number of ether oxygens (including phenoxy) is 1. The number of Topliss-reactive ketones (excluding diaryl/α,β-unsaturated/α-hetero) is 1. The molecule has 0 radical (unpaired) electrons. The number of aromatic nitrogens is 5. The van der Waals surface area contributed by atoms with Crippen LogP contribution in [-0.4, -0.2) is 36.0 Å². The van der Waals surface area contributed by atoms with Crippen LogP contribution in [0.4, 0.5) is 0 Å². The van der Waals surface area contributed by atoms with Crippen molar-refractivity contribution in [2.24, 2.45) is 7.05 Å². The van der Waals surface area contributed by atoms with Gasteiger partial charge in [0.2, 0.25) is 5.78 Å². The average molecular weight is 492 g/mol. The maximum absolute atomic E-state index is 13.5. The smallest absolute Gasteiger partial charge is 0.333 e. The van der Waals surface area contributed by atoms with Crippen LogP contribution in [0, 0.1) is 0 Å². The number of imidazole rings is 2. The molecule has 10 heteroatoms. The van der Waals surface area contributed by atoms with Gasteiger partial charge in [-0.2, -0.15) is 4.98 Å². The Morgan fingerprint density at radius 2 is 1.83 bits per heavy atom. The normalized spacial score (nSPS) is 12.4. The minimum Gasteiger partial charge on any atom is -0.495 e. The predicted molar refractivity (Wildman–Crippen MR) is 134 cm³/mol. The van der Waals surface area contributed by atoms with E-state index in [9.17, 15) is 14.4 Å². The molecule has 5 rings (SSSR count). The lowest BCUT2D eigenvalue weighted by atomic mass is 10.1. The van der Waals surface area contributed by atoms with Gasteiger partial charge in [-0.05, 0) is 32.0 Å². The van der Waals surface area contributed by atoms with Gasteiger partial charge in [0, 0.05) is 18.8 Å². The highest BCUT2D eigenvalue weighted by atomic mass is 35.5. The zero-order valence-electron chi connectivity index (χ0n) is 19.5. The second kappa shape index (κ2) is 8.28. The third-order valence-corrected chi connectivity index (χ3v) is 6.53. The van der Waals surface area contributed by atoms with Crippen molar-refractivity contribution in [1.82, 2.24) is 23.1 Å². The first-order chi connectivity index (χ1) is 16.7. The largest absolute Gasteiger partial charge is 0.495 e. The van der Waals surface area contributed by atoms with Crippen LogP contribution in [0.3, 0.4) is 0 Å². The number of aryl methyl sites for hydroxylation is 1. The molecule has 2 aromatic carbocycles. The van der Waals surface area contributed by atoms with Crippen LogP contribution >= 0.6 is 11.6 Å². The molecule has 3 aromatic heterocycles. The minimum atomic E-state index is -0.910. The highest BCUT2D eigenvalue weighted by molar-refractivity contribution is 6.32. The quantitative estimate of drug-likeness (QED) is 0.374. The fraction of sp³-hybridized carbons (Fsp3) is 0.200. The van der Waals surface area contributed by atoms with Crippen LogP contribution in [0.25, 0.3) is 33.9 Å². The van der Waals surface area contributed by atoms with Crippen LogP contribution in [0.5, 0.6) is 5.75 Å². The van der Waals surface area contributed by atoms with Gasteiger partial charge in [0.1, 0.15) is 5.75 Å². The SMILES string of the molecule is COc1ccc(-n2c(-c3ccccc3)cn3c4c(=O)n([C@H](C)C(C)=O)c(=O)n(C)c4nc23)cc1Cl. The van der Waals surface area contributed by atoms with Crippen molar-refractivity contribution in [2.75, 3.05) is 7.11 Å². The third-order valence-electron chi connectivity index (χ3n) is 6.24. The van der Waals surface area contributed by atoms with Gasteiger partial charge in [-0.25, -0.2) is 9.36 Å². The molecule has 35 heavy (non-hydrogen) atoms. The molecule has 0 aliphatic heterocycles. The van der Waals surface area contributed by atoms with Gasteiger partial charge in [0.15, 0.2) is 16.9 Å². The average Bonchev–Trinajstić information content (AvgIpc) is 3.39. The van der Waals surface area contributed by atoms with E-state index >= 15 is 0 Å². The van der Waals surface area contributed by atoms with Crippen molar-refractivity contribution in [2.45, 2.75) is 19.9 Å². The zero-order valence-corrected chi connectivity index (χ0v) is 20.3. The van der Waals surface area contributed by atoms with Crippen molar-refractivity contribution >= 4 is 34.3 Å². The van der Waals surface area contributed by atoms with Gasteiger partial charge < -0.3 is 4.74 Å². The monoisotopic (exact) mass is 491 g/mol. The summed E-state index contributed by atoms with van der Waals surface area (Å²) in [4.78, 5) is 43.3. The topological polar surface area (TPSA) is 92.5 Å². The molecule has 0 saturated heterocycles. The van der Waals surface area contributed by atoms with E-state index in [4.69, 9.17) is 21.3 Å². The summed E-state index contributed by atoms with van der Waals surface area (Å²) in [5, 5.41) is 0.414. The number of carbonyl (C=O) groups excluding carboxylic acids is 1. The number of methoxy groups -OCH3 is 1. The van der Waals surface area contributed by atoms with Gasteiger partial charge in [0.25, 0.3) is 5.56 Å². The van der Waals surface area contributed by atoms with Crippen LogP contribution in [-0.2, 0) is 11.8 Å². The molecule has 0 fully saturated rings. The lowest BCUT2D eigenvalue weighted by Gasteiger charge is -2.12. The van der Waals surface area contributed by atoms with Crippen molar-refractivity contribution in [3.05, 3.63) is 80.6 Å². The molecule has 1 atom stereocenters. The Hall–Kier alpha value is -4.11. The van der Waals surface area contributed by atoms with Crippen LogP contribution in [0.2, 0.25) is 5.02 Å². The van der Waals surface area contributed by atoms with E-state index in [2.05, 4.69) is 0 Å². The summed E-state index contributed by atoms with van der Waals surface area (Å²) in [7, 11) is 3.08. The lowest BCUT2D eigenvalue weighted by molar-refractivity contribution is -0.119. The summed E-state index contributed by atoms with van der Waals surface area (Å²) in [6.07, 6.45) is 1.80. The molecule has 178 valence electrons. The van der Waals surface area contributed by atoms with E-state index < -0.39 is 17.3 Å². The Kier molecular flexibility index (Phi) is 5.36. The highest BCUT2D eigenvalue weighted by Gasteiger charge is 2.25. The van der Waals surface area contributed by atoms with Crippen molar-refractivity contribution in [3.8, 4) is 22.7 Å². The Morgan fingerprint density at radius 1 is 1.11 bits per heavy atom. The molecule has 9 nitrogen and oxygen atoms in total. The fourth-order valence-corrected chi connectivity index (χ4v) is 4.50. The fourth-order valence-electron chi connectivity index (χ4n) is 4.25. The van der Waals surface area contributed by atoms with Gasteiger partial charge in [-0.1, -0.05) is 41.9 Å². The Labute approximate surface area is 204 Å². The number of carbonyl (C=O) groups is 1. The molecule has 0 N–H and O–H groups in total. The van der Waals surface area contributed by atoms with Gasteiger partial charge in [0.05, 0.1) is 29.6 Å². The third kappa shape index (κ3) is 3.38. The number of hydrogen-bond acceptors (Lipinski definition) is 5. The Balaban J connectivity index is 1.93. The molecule has 0 aliphatic rings. The number of benzene rings is 2. The number of halogens is 1. The van der Waals surface area contributed by atoms with E-state index in [0.717, 1.165) is 15.8 Å². The molecule has 0 amide bonds. The molecule has 5 aromatic rings. The van der Waals surface area contributed by atoms with E-state index in [-0.39, 0.29) is 16.9 Å². The summed E-state index contributed by atoms with van der Waals surface area (Å²) in [6, 6.07) is 14.1. The standard InChI is InChI=1S/C25H22ClN5O4/c1-14(15(2)32)30-23(33)21-22(28(3)25(30)34)27-24-29(21)13-19(16-8-6-5-7-9-16)31(24)17-10-11-20(35-4)18(26)12-17/h5-14H,1-4H3/t14-/m1/s1. The minimum absolute atomic E-state index is 0.200. The van der Waals surface area contributed by atoms with Crippen LogP contribution in [0.1, 0.15) is 19.9 Å². The predicted octanol–water partition coefficient (Wildman–Crippen LogP) is 3.62. The molecular weight excluding hydrogens is 470 g/mol. The van der Waals surface area contributed by atoms with Crippen molar-refractivity contribution in [3.63, 3.8) is 0 Å². The van der Waals surface area contributed by atoms with Crippen LogP contribution < -0.4 is 16.0 Å². The lowest BCUT2D eigenvalue weighted by Crippen LogP contribution is -2.42. The molecule has 3 heterocycles. The molecule has 0 bridgehead atoms. The molecule has 0 saturated carbocycles. The maximum atomic E-state index is 13.5. The first-order valence-electron chi connectivity index (χ1n) is 10.9. The number of fused-ring (bicyclic) bond motifs is 3. The zero-order chi connectivity index (χ0) is 25.0. The number of hydrogen-bond donors (Lipinski definition) is 0. The van der Waals surface area contributed by atoms with Crippen LogP contribution in [0.15, 0.2) is 64.3 Å². The number of ketones is 1. The van der Waals surface area contributed by atoms with Gasteiger partial charge in [-0.15, -0.1) is 0 Å². The molecular formula is C25H22ClN5O4. The maximum Gasteiger partial charge on any atom is 0.333 e. The van der Waals surface area contributed by atoms with E-state index in [1.807, 2.05) is 41.0 Å². The molecule has 0 spiro atoms. The highest BCUT2D eigenvalue weighted by Crippen LogP contribution is 2.32. The van der Waals surface area contributed by atoms with Crippen molar-refractivity contribution < 1.29 is 9.53 Å². The molecule has 0 unspecified atom stereocenters. The van der Waals surface area contributed by atoms with Gasteiger partial charge >= 0.3 is 5.69 Å². The second-order valence-electron chi connectivity index (χ2n) is 8.29. The molecule has 0 aliphatic carbocycles. The summed E-state index contributed by atoms with van der Waals surface area (Å²) in [6.45, 7) is 2.89. The Morgan fingerprint density at radius 3 is 2.46 bits per heavy atom. The first-order valence-corrected chi connectivity index (χ1v) is 11.3. The van der Waals surface area contributed by atoms with Gasteiger partial charge in [-0.3, -0.25) is 23.1 Å². The second-order valence-corrected chi connectivity index (χ2v) is 8.70. The van der Waals surface area contributed by atoms with E-state index in [1.165, 1.54) is 25.5 Å².